The molecule has 6 nitrogen and oxygen atoms in total. The van der Waals surface area contributed by atoms with Gasteiger partial charge < -0.3 is 9.32 Å². The molecule has 3 heterocycles. The second-order valence-corrected chi connectivity index (χ2v) is 10.6. The number of benzene rings is 1. The van der Waals surface area contributed by atoms with Crippen molar-refractivity contribution in [2.24, 2.45) is 5.92 Å². The Bertz CT molecular complexity index is 1070. The van der Waals surface area contributed by atoms with E-state index in [1.165, 1.54) is 15.6 Å². The summed E-state index contributed by atoms with van der Waals surface area (Å²) >= 11 is 1.20. The number of aryl methyl sites for hydroxylation is 1. The van der Waals surface area contributed by atoms with Gasteiger partial charge in [-0.3, -0.25) is 4.79 Å². The minimum absolute atomic E-state index is 0.0821. The Kier molecular flexibility index (Phi) is 6.08. The van der Waals surface area contributed by atoms with E-state index in [1.54, 1.807) is 34.7 Å². The van der Waals surface area contributed by atoms with E-state index in [1.807, 2.05) is 37.3 Å². The summed E-state index contributed by atoms with van der Waals surface area (Å²) in [5, 5.41) is 1.75. The highest BCUT2D eigenvalue weighted by Gasteiger charge is 2.36. The molecule has 2 aromatic heterocycles. The number of hydrogen-bond acceptors (Lipinski definition) is 5. The first kappa shape index (κ1) is 20.8. The second kappa shape index (κ2) is 8.75. The average Bonchev–Trinajstić information content (AvgIpc) is 3.47. The van der Waals surface area contributed by atoms with Gasteiger partial charge in [0.1, 0.15) is 9.97 Å². The van der Waals surface area contributed by atoms with E-state index in [4.69, 9.17) is 4.42 Å². The molecule has 4 rings (SSSR count). The number of carbonyl (C=O) groups excluding carboxylic acids is 1. The molecule has 3 aromatic rings. The van der Waals surface area contributed by atoms with Crippen LogP contribution in [-0.2, 0) is 21.4 Å². The van der Waals surface area contributed by atoms with E-state index >= 15 is 0 Å². The quantitative estimate of drug-likeness (QED) is 0.569. The average molecular weight is 445 g/mol. The molecule has 8 heteroatoms. The Morgan fingerprint density at radius 1 is 1.20 bits per heavy atom. The number of nitrogens with zero attached hydrogens (tertiary/aromatic N) is 2. The third kappa shape index (κ3) is 4.35. The summed E-state index contributed by atoms with van der Waals surface area (Å²) in [6.45, 7) is 2.94. The fourth-order valence-electron chi connectivity index (χ4n) is 3.70. The molecule has 1 saturated heterocycles. The maximum absolute atomic E-state index is 13.5. The molecule has 30 heavy (non-hydrogen) atoms. The molecule has 0 radical (unpaired) electrons. The van der Waals surface area contributed by atoms with Crippen molar-refractivity contribution in [2.75, 3.05) is 18.0 Å². The zero-order chi connectivity index (χ0) is 21.1. The van der Waals surface area contributed by atoms with E-state index in [9.17, 15) is 13.2 Å². The first-order valence-corrected chi connectivity index (χ1v) is 12.2. The van der Waals surface area contributed by atoms with Gasteiger partial charge >= 0.3 is 0 Å². The van der Waals surface area contributed by atoms with Gasteiger partial charge in [0.25, 0.3) is 10.0 Å². The van der Waals surface area contributed by atoms with E-state index in [-0.39, 0.29) is 12.5 Å². The number of rotatable bonds is 6. The van der Waals surface area contributed by atoms with Crippen LogP contribution in [0.3, 0.4) is 0 Å². The molecule has 1 atom stereocenters. The Balaban J connectivity index is 1.58. The van der Waals surface area contributed by atoms with Crippen molar-refractivity contribution in [3.63, 3.8) is 0 Å². The Labute approximate surface area is 180 Å². The van der Waals surface area contributed by atoms with Gasteiger partial charge in [0.2, 0.25) is 5.91 Å². The van der Waals surface area contributed by atoms with Gasteiger partial charge in [0.15, 0.2) is 0 Å². The fraction of sp³-hybridized carbons (Fsp3) is 0.318. The van der Waals surface area contributed by atoms with Crippen LogP contribution in [0, 0.1) is 12.8 Å². The number of thiophene rings is 1. The topological polar surface area (TPSA) is 70.8 Å². The number of carbonyl (C=O) groups is 1. The zero-order valence-electron chi connectivity index (χ0n) is 16.7. The lowest BCUT2D eigenvalue weighted by atomic mass is 9.97. The Hall–Kier alpha value is -2.42. The first-order valence-electron chi connectivity index (χ1n) is 9.89. The normalized spacial score (nSPS) is 17.7. The lowest BCUT2D eigenvalue weighted by Crippen LogP contribution is -2.46. The fourth-order valence-corrected chi connectivity index (χ4v) is 6.37. The van der Waals surface area contributed by atoms with Crippen LogP contribution in [0.15, 0.2) is 68.8 Å². The SMILES string of the molecule is Cc1ccc(N(Cc2ccco2)C(=O)[C@@H]2CCCN(S(=O)(=O)c3cccs3)C2)cc1. The van der Waals surface area contributed by atoms with Gasteiger partial charge in [0.05, 0.1) is 18.7 Å². The largest absolute Gasteiger partial charge is 0.467 e. The summed E-state index contributed by atoms with van der Waals surface area (Å²) in [7, 11) is -3.57. The van der Waals surface area contributed by atoms with Gasteiger partial charge in [-0.25, -0.2) is 8.42 Å². The third-order valence-corrected chi connectivity index (χ3v) is 8.57. The summed E-state index contributed by atoms with van der Waals surface area (Å²) < 4.78 is 33.1. The maximum Gasteiger partial charge on any atom is 0.252 e. The number of furan rings is 1. The number of hydrogen-bond donors (Lipinski definition) is 0. The predicted octanol–water partition coefficient (Wildman–Crippen LogP) is 4.28. The summed E-state index contributed by atoms with van der Waals surface area (Å²) in [6.07, 6.45) is 2.91. The van der Waals surface area contributed by atoms with Gasteiger partial charge in [-0.2, -0.15) is 4.31 Å². The maximum atomic E-state index is 13.5. The predicted molar refractivity (Wildman–Crippen MR) is 117 cm³/mol. The highest BCUT2D eigenvalue weighted by Crippen LogP contribution is 2.29. The molecule has 0 N–H and O–H groups in total. The van der Waals surface area contributed by atoms with E-state index in [2.05, 4.69) is 0 Å². The molecular formula is C22H24N2O4S2. The minimum atomic E-state index is -3.57. The molecule has 0 bridgehead atoms. The van der Waals surface area contributed by atoms with Gasteiger partial charge in [-0.1, -0.05) is 23.8 Å². The minimum Gasteiger partial charge on any atom is -0.467 e. The van der Waals surface area contributed by atoms with Crippen LogP contribution in [-0.4, -0.2) is 31.7 Å². The van der Waals surface area contributed by atoms with Gasteiger partial charge in [-0.15, -0.1) is 11.3 Å². The van der Waals surface area contributed by atoms with Crippen LogP contribution in [0.1, 0.15) is 24.2 Å². The summed E-state index contributed by atoms with van der Waals surface area (Å²) in [6, 6.07) is 14.7. The number of anilines is 1. The zero-order valence-corrected chi connectivity index (χ0v) is 18.4. The highest BCUT2D eigenvalue weighted by atomic mass is 32.2. The van der Waals surface area contributed by atoms with Crippen molar-refractivity contribution in [3.05, 3.63) is 71.5 Å². The van der Waals surface area contributed by atoms with Crippen molar-refractivity contribution < 1.29 is 17.6 Å². The van der Waals surface area contributed by atoms with Crippen molar-refractivity contribution in [1.82, 2.24) is 4.31 Å². The van der Waals surface area contributed by atoms with Crippen LogP contribution < -0.4 is 4.90 Å². The molecular weight excluding hydrogens is 420 g/mol. The second-order valence-electron chi connectivity index (χ2n) is 7.47. The summed E-state index contributed by atoms with van der Waals surface area (Å²) in [5.74, 6) is 0.203. The Morgan fingerprint density at radius 2 is 2.00 bits per heavy atom. The van der Waals surface area contributed by atoms with Gasteiger partial charge in [0, 0.05) is 18.8 Å². The molecule has 0 unspecified atom stereocenters. The van der Waals surface area contributed by atoms with Crippen LogP contribution in [0.4, 0.5) is 5.69 Å². The van der Waals surface area contributed by atoms with Crippen LogP contribution in [0.5, 0.6) is 0 Å². The van der Waals surface area contributed by atoms with Crippen molar-refractivity contribution >= 4 is 33.0 Å². The Morgan fingerprint density at radius 3 is 2.67 bits per heavy atom. The molecule has 158 valence electrons. The standard InChI is InChI=1S/C22H24N2O4S2/c1-17-8-10-19(11-9-17)24(16-20-6-3-13-28-20)22(25)18-5-2-12-23(15-18)30(26,27)21-7-4-14-29-21/h3-4,6-11,13-14,18H,2,5,12,15-16H2,1H3/t18-/m1/s1. The summed E-state index contributed by atoms with van der Waals surface area (Å²) in [5.41, 5.74) is 1.88. The monoisotopic (exact) mass is 444 g/mol. The molecule has 0 aliphatic carbocycles. The molecule has 0 saturated carbocycles. The summed E-state index contributed by atoms with van der Waals surface area (Å²) in [4.78, 5) is 15.2. The highest BCUT2D eigenvalue weighted by molar-refractivity contribution is 7.91. The van der Waals surface area contributed by atoms with Crippen molar-refractivity contribution in [3.8, 4) is 0 Å². The van der Waals surface area contributed by atoms with E-state index in [0.717, 1.165) is 11.3 Å². The lowest BCUT2D eigenvalue weighted by Gasteiger charge is -2.34. The smallest absolute Gasteiger partial charge is 0.252 e. The van der Waals surface area contributed by atoms with E-state index < -0.39 is 15.9 Å². The molecule has 0 spiro atoms. The van der Waals surface area contributed by atoms with Gasteiger partial charge in [-0.05, 0) is 55.5 Å². The molecule has 1 aromatic carbocycles. The number of amides is 1. The van der Waals surface area contributed by atoms with Crippen molar-refractivity contribution in [2.45, 2.75) is 30.5 Å². The molecule has 1 fully saturated rings. The van der Waals surface area contributed by atoms with Crippen LogP contribution in [0.2, 0.25) is 0 Å². The van der Waals surface area contributed by atoms with Crippen LogP contribution >= 0.6 is 11.3 Å². The number of piperidine rings is 1. The molecule has 1 amide bonds. The first-order chi connectivity index (χ1) is 14.4. The van der Waals surface area contributed by atoms with Crippen molar-refractivity contribution in [1.29, 1.82) is 0 Å². The van der Waals surface area contributed by atoms with E-state index in [0.29, 0.717) is 35.9 Å². The molecule has 1 aliphatic rings. The number of sulfonamides is 1. The lowest BCUT2D eigenvalue weighted by molar-refractivity contribution is -0.123. The third-order valence-electron chi connectivity index (χ3n) is 5.33. The molecule has 1 aliphatic heterocycles. The van der Waals surface area contributed by atoms with Crippen LogP contribution in [0.25, 0.3) is 0 Å².